The highest BCUT2D eigenvalue weighted by molar-refractivity contribution is 14.0. The third-order valence-corrected chi connectivity index (χ3v) is 3.88. The highest BCUT2D eigenvalue weighted by atomic mass is 127. The van der Waals surface area contributed by atoms with Crippen LogP contribution in [-0.4, -0.2) is 51.1 Å². The van der Waals surface area contributed by atoms with Crippen molar-refractivity contribution in [3.05, 3.63) is 29.8 Å². The number of benzene rings is 1. The van der Waals surface area contributed by atoms with Crippen LogP contribution in [0, 0.1) is 5.41 Å². The first-order valence-electron chi connectivity index (χ1n) is 8.21. The molecule has 4 nitrogen and oxygen atoms in total. The van der Waals surface area contributed by atoms with E-state index in [-0.39, 0.29) is 29.4 Å². The van der Waals surface area contributed by atoms with E-state index in [1.165, 1.54) is 11.3 Å². The summed E-state index contributed by atoms with van der Waals surface area (Å²) in [6, 6.07) is 8.64. The molecule has 1 aliphatic rings. The Morgan fingerprint density at radius 1 is 1.30 bits per heavy atom. The molecule has 0 amide bonds. The Balaban J connectivity index is 0.00000264. The van der Waals surface area contributed by atoms with Crippen LogP contribution in [0.2, 0.25) is 0 Å². The fraction of sp³-hybridized carbons (Fsp3) is 0.611. The van der Waals surface area contributed by atoms with E-state index < -0.39 is 0 Å². The highest BCUT2D eigenvalue weighted by Crippen LogP contribution is 2.27. The molecule has 0 fully saturated rings. The van der Waals surface area contributed by atoms with Crippen LogP contribution < -0.4 is 10.2 Å². The van der Waals surface area contributed by atoms with Crippen molar-refractivity contribution in [2.24, 2.45) is 10.4 Å². The van der Waals surface area contributed by atoms with Crippen molar-refractivity contribution in [2.75, 3.05) is 45.2 Å². The molecule has 2 rings (SSSR count). The summed E-state index contributed by atoms with van der Waals surface area (Å²) in [6.45, 7) is 10.4. The van der Waals surface area contributed by atoms with Gasteiger partial charge in [-0.3, -0.25) is 4.99 Å². The summed E-state index contributed by atoms with van der Waals surface area (Å²) < 4.78 is 0. The molecule has 0 atom stereocenters. The second-order valence-corrected chi connectivity index (χ2v) is 7.10. The van der Waals surface area contributed by atoms with E-state index in [4.69, 9.17) is 4.99 Å². The van der Waals surface area contributed by atoms with Gasteiger partial charge in [0, 0.05) is 31.9 Å². The first-order chi connectivity index (χ1) is 10.4. The van der Waals surface area contributed by atoms with E-state index >= 15 is 0 Å². The van der Waals surface area contributed by atoms with Crippen molar-refractivity contribution in [1.82, 2.24) is 10.2 Å². The molecule has 130 valence electrons. The molecule has 1 aromatic carbocycles. The van der Waals surface area contributed by atoms with Crippen molar-refractivity contribution in [1.29, 1.82) is 0 Å². The van der Waals surface area contributed by atoms with E-state index in [2.05, 4.69) is 74.2 Å². The molecule has 0 saturated carbocycles. The number of nitrogens with one attached hydrogen (secondary N) is 1. The summed E-state index contributed by atoms with van der Waals surface area (Å²) in [4.78, 5) is 9.48. The monoisotopic (exact) mass is 430 g/mol. The predicted molar refractivity (Wildman–Crippen MR) is 111 cm³/mol. The topological polar surface area (TPSA) is 30.9 Å². The van der Waals surface area contributed by atoms with Gasteiger partial charge in [-0.25, -0.2) is 0 Å². The quantitative estimate of drug-likeness (QED) is 0.442. The molecule has 0 spiro atoms. The van der Waals surface area contributed by atoms with E-state index in [0.29, 0.717) is 0 Å². The average Bonchev–Trinajstić information content (AvgIpc) is 2.86. The Labute approximate surface area is 158 Å². The third-order valence-electron chi connectivity index (χ3n) is 3.88. The molecule has 1 N–H and O–H groups in total. The summed E-state index contributed by atoms with van der Waals surface area (Å²) in [6.07, 6.45) is 1.10. The Hall–Kier alpha value is -0.820. The van der Waals surface area contributed by atoms with Gasteiger partial charge in [0.15, 0.2) is 5.96 Å². The van der Waals surface area contributed by atoms with Crippen LogP contribution in [0.1, 0.15) is 26.3 Å². The molecule has 5 heteroatoms. The fourth-order valence-electron chi connectivity index (χ4n) is 3.15. The van der Waals surface area contributed by atoms with Crippen LogP contribution in [0.15, 0.2) is 29.3 Å². The second-order valence-electron chi connectivity index (χ2n) is 7.10. The van der Waals surface area contributed by atoms with Crippen LogP contribution in [0.25, 0.3) is 0 Å². The van der Waals surface area contributed by atoms with Gasteiger partial charge in [0.05, 0.1) is 0 Å². The van der Waals surface area contributed by atoms with E-state index in [1.807, 2.05) is 0 Å². The van der Waals surface area contributed by atoms with Gasteiger partial charge < -0.3 is 15.1 Å². The molecule has 0 aromatic heterocycles. The Morgan fingerprint density at radius 3 is 2.65 bits per heavy atom. The fourth-order valence-corrected chi connectivity index (χ4v) is 3.15. The van der Waals surface area contributed by atoms with Gasteiger partial charge in [0.2, 0.25) is 0 Å². The summed E-state index contributed by atoms with van der Waals surface area (Å²) >= 11 is 0. The van der Waals surface area contributed by atoms with Crippen molar-refractivity contribution < 1.29 is 0 Å². The van der Waals surface area contributed by atoms with Crippen molar-refractivity contribution >= 4 is 35.6 Å². The number of aliphatic imine (C=N–C) groups is 1. The van der Waals surface area contributed by atoms with Gasteiger partial charge in [-0.15, -0.1) is 24.0 Å². The van der Waals surface area contributed by atoms with Crippen LogP contribution in [-0.2, 0) is 6.42 Å². The lowest BCUT2D eigenvalue weighted by Gasteiger charge is -2.28. The number of hydrogen-bond donors (Lipinski definition) is 1. The molecular formula is C18H31IN4. The lowest BCUT2D eigenvalue weighted by molar-refractivity contribution is 0.249. The molecule has 0 bridgehead atoms. The zero-order valence-corrected chi connectivity index (χ0v) is 17.4. The van der Waals surface area contributed by atoms with Gasteiger partial charge in [-0.1, -0.05) is 32.0 Å². The molecule has 1 heterocycles. The van der Waals surface area contributed by atoms with Crippen molar-refractivity contribution in [2.45, 2.75) is 27.2 Å². The van der Waals surface area contributed by atoms with Gasteiger partial charge in [-0.2, -0.15) is 0 Å². The van der Waals surface area contributed by atoms with Crippen molar-refractivity contribution in [3.8, 4) is 0 Å². The van der Waals surface area contributed by atoms with Crippen LogP contribution in [0.5, 0.6) is 0 Å². The number of fused-ring (bicyclic) bond motifs is 1. The normalized spacial score (nSPS) is 14.7. The minimum atomic E-state index is 0. The standard InChI is InChI=1S/C18H30N4.HI/c1-6-19-17(20-13-18(2,3)14-21(4)5)22-12-11-15-9-7-8-10-16(15)22;/h7-10H,6,11-14H2,1-5H3,(H,19,20);1H. The summed E-state index contributed by atoms with van der Waals surface area (Å²) in [5.41, 5.74) is 2.89. The zero-order chi connectivity index (χ0) is 16.2. The summed E-state index contributed by atoms with van der Waals surface area (Å²) in [5, 5.41) is 3.45. The molecular weight excluding hydrogens is 399 g/mol. The summed E-state index contributed by atoms with van der Waals surface area (Å²) in [7, 11) is 4.24. The van der Waals surface area contributed by atoms with Crippen LogP contribution >= 0.6 is 24.0 Å². The Kier molecular flexibility index (Phi) is 7.80. The third kappa shape index (κ3) is 5.64. The minimum absolute atomic E-state index is 0. The molecule has 23 heavy (non-hydrogen) atoms. The zero-order valence-electron chi connectivity index (χ0n) is 15.1. The second kappa shape index (κ2) is 8.87. The van der Waals surface area contributed by atoms with Gasteiger partial charge in [0.25, 0.3) is 0 Å². The minimum Gasteiger partial charge on any atom is -0.356 e. The lowest BCUT2D eigenvalue weighted by atomic mass is 9.93. The van der Waals surface area contributed by atoms with Crippen molar-refractivity contribution in [3.63, 3.8) is 0 Å². The van der Waals surface area contributed by atoms with E-state index in [1.54, 1.807) is 0 Å². The molecule has 1 aliphatic heterocycles. The maximum absolute atomic E-state index is 4.92. The van der Waals surface area contributed by atoms with Gasteiger partial charge >= 0.3 is 0 Å². The van der Waals surface area contributed by atoms with Crippen LogP contribution in [0.4, 0.5) is 5.69 Å². The maximum atomic E-state index is 4.92. The molecule has 1 aromatic rings. The number of rotatable bonds is 5. The Morgan fingerprint density at radius 2 is 2.00 bits per heavy atom. The molecule has 0 aliphatic carbocycles. The number of guanidine groups is 1. The Bertz CT molecular complexity index is 526. The maximum Gasteiger partial charge on any atom is 0.198 e. The van der Waals surface area contributed by atoms with Crippen LogP contribution in [0.3, 0.4) is 0 Å². The van der Waals surface area contributed by atoms with E-state index in [9.17, 15) is 0 Å². The predicted octanol–water partition coefficient (Wildman–Crippen LogP) is 3.22. The number of para-hydroxylation sites is 1. The number of halogens is 1. The molecule has 0 unspecified atom stereocenters. The van der Waals surface area contributed by atoms with Gasteiger partial charge in [0.1, 0.15) is 0 Å². The number of hydrogen-bond acceptors (Lipinski definition) is 2. The number of anilines is 1. The molecule has 0 saturated heterocycles. The lowest BCUT2D eigenvalue weighted by Crippen LogP contribution is -2.42. The molecule has 0 radical (unpaired) electrons. The van der Waals surface area contributed by atoms with E-state index in [0.717, 1.165) is 38.6 Å². The SMILES string of the molecule is CCNC(=NCC(C)(C)CN(C)C)N1CCc2ccccc21.I. The number of nitrogens with zero attached hydrogens (tertiary/aromatic N) is 3. The first-order valence-corrected chi connectivity index (χ1v) is 8.21. The first kappa shape index (κ1) is 20.2. The highest BCUT2D eigenvalue weighted by Gasteiger charge is 2.24. The van der Waals surface area contributed by atoms with Gasteiger partial charge in [-0.05, 0) is 44.5 Å². The summed E-state index contributed by atoms with van der Waals surface area (Å²) in [5.74, 6) is 1.01. The average molecular weight is 430 g/mol. The smallest absolute Gasteiger partial charge is 0.198 e. The largest absolute Gasteiger partial charge is 0.356 e.